The summed E-state index contributed by atoms with van der Waals surface area (Å²) in [5.74, 6) is -0.625. The molecule has 1 amide bonds. The Balaban J connectivity index is 2.03. The molecule has 0 aliphatic carbocycles. The van der Waals surface area contributed by atoms with Gasteiger partial charge in [-0.15, -0.1) is 0 Å². The molecule has 0 heterocycles. The number of aryl methyl sites for hydroxylation is 1. The second kappa shape index (κ2) is 5.91. The molecule has 0 aliphatic heterocycles. The molecular formula is C15H13FN2O. The minimum Gasteiger partial charge on any atom is -0.267 e. The second-order valence-electron chi connectivity index (χ2n) is 4.07. The molecule has 4 heteroatoms. The van der Waals surface area contributed by atoms with Crippen LogP contribution in [0, 0.1) is 12.7 Å². The quantitative estimate of drug-likeness (QED) is 0.665. The van der Waals surface area contributed by atoms with Gasteiger partial charge in [-0.25, -0.2) is 9.82 Å². The lowest BCUT2D eigenvalue weighted by atomic mass is 10.1. The Morgan fingerprint density at radius 3 is 2.74 bits per heavy atom. The zero-order valence-corrected chi connectivity index (χ0v) is 10.4. The summed E-state index contributed by atoms with van der Waals surface area (Å²) >= 11 is 0. The van der Waals surface area contributed by atoms with Crippen molar-refractivity contribution in [2.75, 3.05) is 0 Å². The van der Waals surface area contributed by atoms with Gasteiger partial charge in [0.15, 0.2) is 0 Å². The molecule has 0 spiro atoms. The van der Waals surface area contributed by atoms with Crippen molar-refractivity contribution in [3.8, 4) is 0 Å². The number of hydrazone groups is 1. The number of carbonyl (C=O) groups is 1. The first kappa shape index (κ1) is 13.0. The van der Waals surface area contributed by atoms with Gasteiger partial charge in [0, 0.05) is 5.56 Å². The standard InChI is InChI=1S/C15H13FN2O/c1-11-5-2-3-8-14(11)15(19)18-17-10-12-6-4-7-13(16)9-12/h2-10H,1H3,(H,18,19)/b17-10+. The number of amides is 1. The van der Waals surface area contributed by atoms with Crippen LogP contribution in [0.25, 0.3) is 0 Å². The van der Waals surface area contributed by atoms with Gasteiger partial charge in [-0.3, -0.25) is 4.79 Å². The Morgan fingerprint density at radius 1 is 1.21 bits per heavy atom. The Labute approximate surface area is 110 Å². The van der Waals surface area contributed by atoms with E-state index in [4.69, 9.17) is 0 Å². The third kappa shape index (κ3) is 3.48. The highest BCUT2D eigenvalue weighted by molar-refractivity contribution is 5.96. The fraction of sp³-hybridized carbons (Fsp3) is 0.0667. The van der Waals surface area contributed by atoms with Crippen molar-refractivity contribution in [3.63, 3.8) is 0 Å². The third-order valence-electron chi connectivity index (χ3n) is 2.62. The maximum atomic E-state index is 12.9. The van der Waals surface area contributed by atoms with Crippen LogP contribution in [0.15, 0.2) is 53.6 Å². The minimum atomic E-state index is -0.339. The summed E-state index contributed by atoms with van der Waals surface area (Å²) in [6, 6.07) is 13.2. The lowest BCUT2D eigenvalue weighted by Gasteiger charge is -2.02. The van der Waals surface area contributed by atoms with Gasteiger partial charge in [-0.1, -0.05) is 30.3 Å². The molecule has 0 radical (unpaired) electrons. The van der Waals surface area contributed by atoms with Crippen LogP contribution in [-0.4, -0.2) is 12.1 Å². The molecule has 2 aromatic rings. The zero-order chi connectivity index (χ0) is 13.7. The van der Waals surface area contributed by atoms with Gasteiger partial charge in [0.2, 0.25) is 0 Å². The summed E-state index contributed by atoms with van der Waals surface area (Å²) < 4.78 is 12.9. The summed E-state index contributed by atoms with van der Waals surface area (Å²) in [6.07, 6.45) is 1.40. The van der Waals surface area contributed by atoms with Crippen molar-refractivity contribution in [2.45, 2.75) is 6.92 Å². The number of hydrogen-bond donors (Lipinski definition) is 1. The molecule has 3 nitrogen and oxygen atoms in total. The topological polar surface area (TPSA) is 41.5 Å². The maximum absolute atomic E-state index is 12.9. The van der Waals surface area contributed by atoms with Crippen molar-refractivity contribution < 1.29 is 9.18 Å². The molecule has 0 saturated carbocycles. The van der Waals surface area contributed by atoms with Gasteiger partial charge in [-0.05, 0) is 36.2 Å². The number of halogens is 1. The first-order valence-electron chi connectivity index (χ1n) is 5.81. The van der Waals surface area contributed by atoms with E-state index in [1.807, 2.05) is 19.1 Å². The van der Waals surface area contributed by atoms with Crippen LogP contribution >= 0.6 is 0 Å². The number of nitrogens with one attached hydrogen (secondary N) is 1. The molecule has 0 aromatic heterocycles. The number of nitrogens with zero attached hydrogens (tertiary/aromatic N) is 1. The Bertz CT molecular complexity index is 623. The average molecular weight is 256 g/mol. The fourth-order valence-electron chi connectivity index (χ4n) is 1.64. The first-order chi connectivity index (χ1) is 9.16. The molecule has 0 saturated heterocycles. The summed E-state index contributed by atoms with van der Waals surface area (Å²) in [5, 5.41) is 3.81. The molecule has 96 valence electrons. The predicted octanol–water partition coefficient (Wildman–Crippen LogP) is 2.90. The molecule has 0 aliphatic rings. The van der Waals surface area contributed by atoms with E-state index in [0.29, 0.717) is 11.1 Å². The lowest BCUT2D eigenvalue weighted by molar-refractivity contribution is 0.0954. The van der Waals surface area contributed by atoms with E-state index in [1.54, 1.807) is 24.3 Å². The van der Waals surface area contributed by atoms with Crippen molar-refractivity contribution in [2.24, 2.45) is 5.10 Å². The third-order valence-corrected chi connectivity index (χ3v) is 2.62. The molecule has 19 heavy (non-hydrogen) atoms. The number of hydrogen-bond acceptors (Lipinski definition) is 2. The summed E-state index contributed by atoms with van der Waals surface area (Å²) in [5.41, 5.74) is 4.45. The highest BCUT2D eigenvalue weighted by atomic mass is 19.1. The average Bonchev–Trinajstić information content (AvgIpc) is 2.39. The molecule has 1 N–H and O–H groups in total. The molecule has 0 bridgehead atoms. The molecule has 0 fully saturated rings. The van der Waals surface area contributed by atoms with Gasteiger partial charge in [0.1, 0.15) is 5.82 Å². The van der Waals surface area contributed by atoms with Crippen LogP contribution in [0.4, 0.5) is 4.39 Å². The van der Waals surface area contributed by atoms with Gasteiger partial charge < -0.3 is 0 Å². The van der Waals surface area contributed by atoms with Crippen molar-refractivity contribution in [1.82, 2.24) is 5.43 Å². The van der Waals surface area contributed by atoms with Crippen LogP contribution in [0.1, 0.15) is 21.5 Å². The van der Waals surface area contributed by atoms with Crippen molar-refractivity contribution in [1.29, 1.82) is 0 Å². The van der Waals surface area contributed by atoms with Crippen molar-refractivity contribution >= 4 is 12.1 Å². The fourth-order valence-corrected chi connectivity index (χ4v) is 1.64. The summed E-state index contributed by atoms with van der Waals surface area (Å²) in [7, 11) is 0. The van der Waals surface area contributed by atoms with E-state index >= 15 is 0 Å². The SMILES string of the molecule is Cc1ccccc1C(=O)N/N=C/c1cccc(F)c1. The van der Waals surface area contributed by atoms with Crippen LogP contribution in [0.5, 0.6) is 0 Å². The van der Waals surface area contributed by atoms with E-state index in [9.17, 15) is 9.18 Å². The minimum absolute atomic E-state index is 0.286. The summed E-state index contributed by atoms with van der Waals surface area (Å²) in [4.78, 5) is 11.8. The van der Waals surface area contributed by atoms with Crippen LogP contribution < -0.4 is 5.43 Å². The van der Waals surface area contributed by atoms with Gasteiger partial charge in [0.25, 0.3) is 5.91 Å². The smallest absolute Gasteiger partial charge is 0.267 e. The first-order valence-corrected chi connectivity index (χ1v) is 5.81. The van der Waals surface area contributed by atoms with E-state index in [0.717, 1.165) is 5.56 Å². The van der Waals surface area contributed by atoms with Crippen molar-refractivity contribution in [3.05, 3.63) is 71.0 Å². The summed E-state index contributed by atoms with van der Waals surface area (Å²) in [6.45, 7) is 1.85. The van der Waals surface area contributed by atoms with Crippen LogP contribution in [0.2, 0.25) is 0 Å². The number of benzene rings is 2. The van der Waals surface area contributed by atoms with E-state index in [2.05, 4.69) is 10.5 Å². The number of rotatable bonds is 3. The van der Waals surface area contributed by atoms with Gasteiger partial charge in [-0.2, -0.15) is 5.10 Å². The largest absolute Gasteiger partial charge is 0.271 e. The van der Waals surface area contributed by atoms with E-state index in [1.165, 1.54) is 18.3 Å². The molecule has 0 atom stereocenters. The second-order valence-corrected chi connectivity index (χ2v) is 4.07. The zero-order valence-electron chi connectivity index (χ0n) is 10.4. The molecule has 0 unspecified atom stereocenters. The lowest BCUT2D eigenvalue weighted by Crippen LogP contribution is -2.18. The van der Waals surface area contributed by atoms with Gasteiger partial charge in [0.05, 0.1) is 6.21 Å². The number of carbonyl (C=O) groups excluding carboxylic acids is 1. The van der Waals surface area contributed by atoms with E-state index < -0.39 is 0 Å². The Morgan fingerprint density at radius 2 is 2.00 bits per heavy atom. The highest BCUT2D eigenvalue weighted by Gasteiger charge is 2.05. The Hall–Kier alpha value is -2.49. The highest BCUT2D eigenvalue weighted by Crippen LogP contribution is 2.06. The molecule has 2 aromatic carbocycles. The van der Waals surface area contributed by atoms with Gasteiger partial charge >= 0.3 is 0 Å². The predicted molar refractivity (Wildman–Crippen MR) is 72.6 cm³/mol. The van der Waals surface area contributed by atoms with E-state index in [-0.39, 0.29) is 11.7 Å². The molecule has 2 rings (SSSR count). The normalized spacial score (nSPS) is 10.6. The molecular weight excluding hydrogens is 243 g/mol. The maximum Gasteiger partial charge on any atom is 0.271 e. The monoisotopic (exact) mass is 256 g/mol. The van der Waals surface area contributed by atoms with Crippen LogP contribution in [0.3, 0.4) is 0 Å². The van der Waals surface area contributed by atoms with Crippen LogP contribution in [-0.2, 0) is 0 Å². The Kier molecular flexibility index (Phi) is 4.03.